The van der Waals surface area contributed by atoms with Gasteiger partial charge in [-0.2, -0.15) is 0 Å². The summed E-state index contributed by atoms with van der Waals surface area (Å²) in [6.45, 7) is 3.78. The molecule has 9 nitrogen and oxygen atoms in total. The number of aliphatic hydroxyl groups excluding tert-OH is 5. The quantitative estimate of drug-likeness (QED) is 0.0261. The van der Waals surface area contributed by atoms with Crippen molar-refractivity contribution >= 4 is 5.91 Å². The zero-order valence-corrected chi connectivity index (χ0v) is 44.6. The zero-order valence-electron chi connectivity index (χ0n) is 44.6. The number of allylic oxidation sites excluding steroid dienone is 3. The van der Waals surface area contributed by atoms with E-state index in [2.05, 4.69) is 31.3 Å². The molecule has 6 N–H and O–H groups in total. The van der Waals surface area contributed by atoms with E-state index in [1.165, 1.54) is 231 Å². The normalized spacial score (nSPS) is 19.7. The van der Waals surface area contributed by atoms with Gasteiger partial charge in [-0.05, 0) is 44.9 Å². The van der Waals surface area contributed by atoms with Crippen molar-refractivity contribution in [3.05, 3.63) is 24.3 Å². The van der Waals surface area contributed by atoms with E-state index in [4.69, 9.17) is 9.47 Å². The lowest BCUT2D eigenvalue weighted by molar-refractivity contribution is -0.302. The van der Waals surface area contributed by atoms with Crippen molar-refractivity contribution in [3.63, 3.8) is 0 Å². The number of carbonyl (C=O) groups excluding carboxylic acids is 1. The van der Waals surface area contributed by atoms with Gasteiger partial charge in [0.15, 0.2) is 6.29 Å². The maximum Gasteiger partial charge on any atom is 0.220 e. The molecule has 1 fully saturated rings. The van der Waals surface area contributed by atoms with Crippen LogP contribution in [-0.4, -0.2) is 87.5 Å². The number of rotatable bonds is 51. The average molecular weight is 965 g/mol. The summed E-state index contributed by atoms with van der Waals surface area (Å²) >= 11 is 0. The van der Waals surface area contributed by atoms with Gasteiger partial charge < -0.3 is 40.3 Å². The lowest BCUT2D eigenvalue weighted by Crippen LogP contribution is -2.60. The second kappa shape index (κ2) is 49.3. The van der Waals surface area contributed by atoms with E-state index in [1.54, 1.807) is 6.08 Å². The fourth-order valence-corrected chi connectivity index (χ4v) is 9.57. The summed E-state index contributed by atoms with van der Waals surface area (Å²) in [5, 5.41) is 54.3. The van der Waals surface area contributed by atoms with Crippen molar-refractivity contribution in [2.75, 3.05) is 13.2 Å². The summed E-state index contributed by atoms with van der Waals surface area (Å²) in [5.74, 6) is -0.174. The van der Waals surface area contributed by atoms with E-state index < -0.39 is 49.5 Å². The molecule has 0 spiro atoms. The van der Waals surface area contributed by atoms with E-state index in [9.17, 15) is 30.3 Å². The monoisotopic (exact) mass is 964 g/mol. The third-order valence-corrected chi connectivity index (χ3v) is 14.3. The van der Waals surface area contributed by atoms with Crippen molar-refractivity contribution in [1.29, 1.82) is 0 Å². The fraction of sp³-hybridized carbons (Fsp3) is 0.915. The summed E-state index contributed by atoms with van der Waals surface area (Å²) in [5.41, 5.74) is 0. The molecule has 1 aliphatic rings. The van der Waals surface area contributed by atoms with Crippen molar-refractivity contribution in [2.24, 2.45) is 0 Å². The molecular weight excluding hydrogens is 851 g/mol. The molecule has 1 rings (SSSR count). The van der Waals surface area contributed by atoms with Crippen LogP contribution in [0.1, 0.15) is 290 Å². The zero-order chi connectivity index (χ0) is 49.4. The molecule has 402 valence electrons. The third kappa shape index (κ3) is 38.4. The van der Waals surface area contributed by atoms with Gasteiger partial charge in [0.05, 0.1) is 25.4 Å². The first kappa shape index (κ1) is 64.7. The minimum absolute atomic E-state index is 0.174. The van der Waals surface area contributed by atoms with Gasteiger partial charge >= 0.3 is 0 Å². The number of hydrogen-bond acceptors (Lipinski definition) is 8. The number of unbranched alkanes of at least 4 members (excludes halogenated alkanes) is 39. The maximum atomic E-state index is 13.0. The van der Waals surface area contributed by atoms with Crippen LogP contribution in [0.2, 0.25) is 0 Å². The minimum atomic E-state index is -1.56. The molecule has 1 aliphatic heterocycles. The van der Waals surface area contributed by atoms with Gasteiger partial charge in [-0.3, -0.25) is 4.79 Å². The summed E-state index contributed by atoms with van der Waals surface area (Å²) < 4.78 is 11.2. The summed E-state index contributed by atoms with van der Waals surface area (Å²) in [6, 6.07) is -0.800. The van der Waals surface area contributed by atoms with Gasteiger partial charge in [0.2, 0.25) is 5.91 Å². The molecule has 9 heteroatoms. The Labute approximate surface area is 419 Å². The number of carbonyl (C=O) groups is 1. The van der Waals surface area contributed by atoms with Crippen LogP contribution in [0.15, 0.2) is 24.3 Å². The van der Waals surface area contributed by atoms with Crippen LogP contribution in [0.25, 0.3) is 0 Å². The smallest absolute Gasteiger partial charge is 0.220 e. The van der Waals surface area contributed by atoms with Crippen LogP contribution in [0, 0.1) is 0 Å². The average Bonchev–Trinajstić information content (AvgIpc) is 3.34. The van der Waals surface area contributed by atoms with Gasteiger partial charge in [-0.15, -0.1) is 0 Å². The van der Waals surface area contributed by atoms with Crippen LogP contribution >= 0.6 is 0 Å². The number of ether oxygens (including phenoxy) is 2. The highest BCUT2D eigenvalue weighted by Gasteiger charge is 2.44. The van der Waals surface area contributed by atoms with Crippen molar-refractivity contribution < 1.29 is 39.8 Å². The predicted octanol–water partition coefficient (Wildman–Crippen LogP) is 14.6. The van der Waals surface area contributed by atoms with Crippen LogP contribution in [0.5, 0.6) is 0 Å². The molecule has 1 saturated heterocycles. The van der Waals surface area contributed by atoms with E-state index in [1.807, 2.05) is 6.08 Å². The Bertz CT molecular complexity index is 1120. The second-order valence-electron chi connectivity index (χ2n) is 20.8. The topological polar surface area (TPSA) is 149 Å². The molecule has 0 bridgehead atoms. The molecule has 0 aliphatic carbocycles. The van der Waals surface area contributed by atoms with Crippen LogP contribution in [0.4, 0.5) is 0 Å². The molecule has 0 aromatic rings. The standard InChI is InChI=1S/C59H113NO8/c1-3-5-7-9-11-13-15-16-17-18-19-20-21-22-23-24-25-26-27-28-29-30-31-32-33-34-35-36-37-38-39-41-43-45-47-49-55(63)60-52(51-67-59-58(66)57(65)56(64)54(50-61)68-59)53(62)48-46-44-42-40-14-12-10-8-6-4-2/h24-25,46,48,52-54,56-59,61-62,64-66H,3-23,26-45,47,49-51H2,1-2H3,(H,60,63)/b25-24-,48-46+. The van der Waals surface area contributed by atoms with Crippen LogP contribution < -0.4 is 5.32 Å². The van der Waals surface area contributed by atoms with Crippen molar-refractivity contribution in [2.45, 2.75) is 333 Å². The largest absolute Gasteiger partial charge is 0.394 e. The Morgan fingerprint density at radius 1 is 0.485 bits per heavy atom. The van der Waals surface area contributed by atoms with E-state index in [0.717, 1.165) is 38.5 Å². The molecule has 0 aromatic carbocycles. The Morgan fingerprint density at radius 2 is 0.824 bits per heavy atom. The van der Waals surface area contributed by atoms with Crippen molar-refractivity contribution in [3.8, 4) is 0 Å². The first-order chi connectivity index (χ1) is 33.3. The lowest BCUT2D eigenvalue weighted by Gasteiger charge is -2.40. The first-order valence-electron chi connectivity index (χ1n) is 29.6. The number of hydrogen-bond donors (Lipinski definition) is 6. The fourth-order valence-electron chi connectivity index (χ4n) is 9.57. The molecule has 7 unspecified atom stereocenters. The number of amides is 1. The minimum Gasteiger partial charge on any atom is -0.394 e. The molecule has 0 aromatic heterocycles. The van der Waals surface area contributed by atoms with Crippen molar-refractivity contribution in [1.82, 2.24) is 5.32 Å². The Morgan fingerprint density at radius 3 is 1.19 bits per heavy atom. The molecule has 0 saturated carbocycles. The van der Waals surface area contributed by atoms with Gasteiger partial charge in [-0.1, -0.05) is 263 Å². The molecule has 0 radical (unpaired) electrons. The van der Waals surface area contributed by atoms with Gasteiger partial charge in [0.1, 0.15) is 24.4 Å². The van der Waals surface area contributed by atoms with Crippen LogP contribution in [-0.2, 0) is 14.3 Å². The number of aliphatic hydroxyl groups is 5. The molecule has 1 amide bonds. The first-order valence-corrected chi connectivity index (χ1v) is 29.6. The van der Waals surface area contributed by atoms with E-state index in [0.29, 0.717) is 6.42 Å². The van der Waals surface area contributed by atoms with Gasteiger partial charge in [0, 0.05) is 6.42 Å². The van der Waals surface area contributed by atoms with E-state index >= 15 is 0 Å². The van der Waals surface area contributed by atoms with Gasteiger partial charge in [-0.25, -0.2) is 0 Å². The molecule has 1 heterocycles. The highest BCUT2D eigenvalue weighted by molar-refractivity contribution is 5.76. The molecule has 68 heavy (non-hydrogen) atoms. The van der Waals surface area contributed by atoms with Crippen LogP contribution in [0.3, 0.4) is 0 Å². The summed E-state index contributed by atoms with van der Waals surface area (Å²) in [4.78, 5) is 13.0. The maximum absolute atomic E-state index is 13.0. The Hall–Kier alpha value is -1.33. The highest BCUT2D eigenvalue weighted by atomic mass is 16.7. The predicted molar refractivity (Wildman–Crippen MR) is 286 cm³/mol. The third-order valence-electron chi connectivity index (χ3n) is 14.3. The second-order valence-corrected chi connectivity index (χ2v) is 20.8. The Balaban J connectivity index is 2.04. The van der Waals surface area contributed by atoms with Gasteiger partial charge in [0.25, 0.3) is 0 Å². The SMILES string of the molecule is CCCCCCCCCC/C=C/C(O)C(COC1OC(CO)C(O)C(O)C1O)NC(=O)CCCCCCCCCCCCCCCCCCC/C=C\CCCCCCCCCCCCCCCC. The summed E-state index contributed by atoms with van der Waals surface area (Å²) in [7, 11) is 0. The number of nitrogens with one attached hydrogen (secondary N) is 1. The Kier molecular flexibility index (Phi) is 46.9. The summed E-state index contributed by atoms with van der Waals surface area (Å²) in [6.07, 6.45) is 55.7. The molecule has 7 atom stereocenters. The van der Waals surface area contributed by atoms with E-state index in [-0.39, 0.29) is 12.5 Å². The highest BCUT2D eigenvalue weighted by Crippen LogP contribution is 2.23. The molecular formula is C59H113NO8. The lowest BCUT2D eigenvalue weighted by atomic mass is 9.99.